The lowest BCUT2D eigenvalue weighted by molar-refractivity contribution is -0.627. The summed E-state index contributed by atoms with van der Waals surface area (Å²) in [6.45, 7) is 6.00. The predicted molar refractivity (Wildman–Crippen MR) is 54.1 cm³/mol. The van der Waals surface area contributed by atoms with Crippen LogP contribution in [0.5, 0.6) is 5.75 Å². The van der Waals surface area contributed by atoms with Gasteiger partial charge < -0.3 is 10.1 Å². The molecule has 0 atom stereocenters. The summed E-state index contributed by atoms with van der Waals surface area (Å²) >= 11 is 0. The van der Waals surface area contributed by atoms with Crippen molar-refractivity contribution in [3.8, 4) is 5.75 Å². The van der Waals surface area contributed by atoms with Gasteiger partial charge in [0.25, 0.3) is 0 Å². The van der Waals surface area contributed by atoms with E-state index in [0.717, 1.165) is 18.9 Å². The highest BCUT2D eigenvalue weighted by Crippen LogP contribution is 2.15. The minimum Gasteiger partial charge on any atom is -0.488 e. The molecule has 0 aliphatic carbocycles. The van der Waals surface area contributed by atoms with Crippen molar-refractivity contribution in [2.24, 2.45) is 0 Å². The van der Waals surface area contributed by atoms with E-state index in [2.05, 4.69) is 31.3 Å². The first-order chi connectivity index (χ1) is 6.24. The van der Waals surface area contributed by atoms with Gasteiger partial charge in [-0.25, -0.2) is 0 Å². The lowest BCUT2D eigenvalue weighted by Crippen LogP contribution is -2.80. The molecule has 0 heterocycles. The van der Waals surface area contributed by atoms with E-state index in [-0.39, 0.29) is 0 Å². The van der Waals surface area contributed by atoms with E-state index in [1.165, 1.54) is 11.1 Å². The van der Waals surface area contributed by atoms with E-state index in [1.54, 1.807) is 0 Å². The molecule has 2 nitrogen and oxygen atoms in total. The maximum absolute atomic E-state index is 5.55. The number of rotatable bonds is 4. The van der Waals surface area contributed by atoms with Crippen molar-refractivity contribution in [2.75, 3.05) is 20.2 Å². The van der Waals surface area contributed by atoms with E-state index >= 15 is 0 Å². The second-order valence-corrected chi connectivity index (χ2v) is 3.29. The van der Waals surface area contributed by atoms with Gasteiger partial charge in [-0.3, -0.25) is 0 Å². The largest absolute Gasteiger partial charge is 0.488 e. The molecule has 0 unspecified atom stereocenters. The Bertz CT molecular complexity index is 271. The van der Waals surface area contributed by atoms with Gasteiger partial charge in [-0.15, -0.1) is 0 Å². The van der Waals surface area contributed by atoms with Crippen molar-refractivity contribution < 1.29 is 10.1 Å². The Balaban J connectivity index is 2.53. The van der Waals surface area contributed by atoms with Crippen molar-refractivity contribution in [3.63, 3.8) is 0 Å². The fraction of sp³-hybridized carbons (Fsp3) is 0.455. The topological polar surface area (TPSA) is 25.8 Å². The van der Waals surface area contributed by atoms with Crippen molar-refractivity contribution in [1.29, 1.82) is 0 Å². The summed E-state index contributed by atoms with van der Waals surface area (Å²) in [6.07, 6.45) is 0. The first-order valence-electron chi connectivity index (χ1n) is 4.72. The molecule has 0 aliphatic rings. The fourth-order valence-electron chi connectivity index (χ4n) is 1.10. The zero-order chi connectivity index (χ0) is 9.68. The van der Waals surface area contributed by atoms with Gasteiger partial charge in [0.05, 0.1) is 7.05 Å². The maximum atomic E-state index is 5.55. The third-order valence-electron chi connectivity index (χ3n) is 2.15. The second kappa shape index (κ2) is 4.87. The number of nitrogens with two attached hydrogens (primary N) is 1. The Morgan fingerprint density at radius 3 is 2.62 bits per heavy atom. The van der Waals surface area contributed by atoms with Gasteiger partial charge in [-0.2, -0.15) is 0 Å². The van der Waals surface area contributed by atoms with Gasteiger partial charge in [0, 0.05) is 0 Å². The monoisotopic (exact) mass is 180 g/mol. The first-order valence-corrected chi connectivity index (χ1v) is 4.72. The highest BCUT2D eigenvalue weighted by molar-refractivity contribution is 5.33. The van der Waals surface area contributed by atoms with Crippen LogP contribution in [-0.2, 0) is 0 Å². The normalized spacial score (nSPS) is 10.1. The van der Waals surface area contributed by atoms with E-state index in [9.17, 15) is 0 Å². The molecule has 0 aromatic heterocycles. The number of hydrogen-bond acceptors (Lipinski definition) is 1. The van der Waals surface area contributed by atoms with Crippen LogP contribution in [0.25, 0.3) is 0 Å². The molecule has 0 aliphatic heterocycles. The van der Waals surface area contributed by atoms with Crippen LogP contribution in [-0.4, -0.2) is 20.2 Å². The highest BCUT2D eigenvalue weighted by atomic mass is 16.5. The fourth-order valence-corrected chi connectivity index (χ4v) is 1.10. The minimum atomic E-state index is 0.777. The lowest BCUT2D eigenvalue weighted by atomic mass is 10.1. The Labute approximate surface area is 79.9 Å². The molecule has 0 fully saturated rings. The molecule has 0 radical (unpaired) electrons. The van der Waals surface area contributed by atoms with Crippen LogP contribution in [0.1, 0.15) is 11.1 Å². The molecule has 2 heteroatoms. The molecule has 1 rings (SSSR count). The number of aryl methyl sites for hydroxylation is 2. The van der Waals surface area contributed by atoms with Gasteiger partial charge >= 0.3 is 0 Å². The van der Waals surface area contributed by atoms with Crippen LogP contribution in [0, 0.1) is 13.8 Å². The van der Waals surface area contributed by atoms with Crippen molar-refractivity contribution in [2.45, 2.75) is 13.8 Å². The first kappa shape index (κ1) is 10.1. The third kappa shape index (κ3) is 3.07. The lowest BCUT2D eigenvalue weighted by Gasteiger charge is -2.06. The van der Waals surface area contributed by atoms with Crippen molar-refractivity contribution in [1.82, 2.24) is 0 Å². The van der Waals surface area contributed by atoms with Gasteiger partial charge in [0.15, 0.2) is 0 Å². The maximum Gasteiger partial charge on any atom is 0.137 e. The molecule has 13 heavy (non-hydrogen) atoms. The summed E-state index contributed by atoms with van der Waals surface area (Å²) < 4.78 is 5.55. The van der Waals surface area contributed by atoms with Gasteiger partial charge in [-0.05, 0) is 37.1 Å². The Hall–Kier alpha value is -1.02. The van der Waals surface area contributed by atoms with Crippen LogP contribution < -0.4 is 10.1 Å². The van der Waals surface area contributed by atoms with E-state index in [1.807, 2.05) is 13.1 Å². The van der Waals surface area contributed by atoms with Crippen LogP contribution in [0.2, 0.25) is 0 Å². The Morgan fingerprint density at radius 2 is 2.00 bits per heavy atom. The molecule has 2 N–H and O–H groups in total. The average Bonchev–Trinajstić information content (AvgIpc) is 2.12. The molecule has 0 bridgehead atoms. The summed E-state index contributed by atoms with van der Waals surface area (Å²) in [5.41, 5.74) is 2.60. The smallest absolute Gasteiger partial charge is 0.137 e. The SMILES string of the molecule is C[NH2+]CCOc1ccc(C)c(C)c1. The molecule has 72 valence electrons. The molecule has 0 amide bonds. The quantitative estimate of drug-likeness (QED) is 0.684. The molecule has 0 saturated heterocycles. The number of benzene rings is 1. The van der Waals surface area contributed by atoms with E-state index < -0.39 is 0 Å². The summed E-state index contributed by atoms with van der Waals surface area (Å²) in [5, 5.41) is 2.11. The number of likely N-dealkylation sites (N-methyl/N-ethyl adjacent to an activating group) is 1. The van der Waals surface area contributed by atoms with Gasteiger partial charge in [0.1, 0.15) is 18.9 Å². The Kier molecular flexibility index (Phi) is 3.77. The minimum absolute atomic E-state index is 0.777. The van der Waals surface area contributed by atoms with Crippen molar-refractivity contribution >= 4 is 0 Å². The molecule has 1 aromatic carbocycles. The van der Waals surface area contributed by atoms with Crippen LogP contribution in [0.3, 0.4) is 0 Å². The molecule has 0 spiro atoms. The average molecular weight is 180 g/mol. The zero-order valence-corrected chi connectivity index (χ0v) is 8.63. The van der Waals surface area contributed by atoms with Crippen LogP contribution in [0.4, 0.5) is 0 Å². The summed E-state index contributed by atoms with van der Waals surface area (Å²) in [5.74, 6) is 0.977. The summed E-state index contributed by atoms with van der Waals surface area (Å²) in [4.78, 5) is 0. The van der Waals surface area contributed by atoms with Gasteiger partial charge in [0.2, 0.25) is 0 Å². The molecule has 0 saturated carbocycles. The summed E-state index contributed by atoms with van der Waals surface area (Å²) in [7, 11) is 2.05. The third-order valence-corrected chi connectivity index (χ3v) is 2.15. The predicted octanol–water partition coefficient (Wildman–Crippen LogP) is 0.875. The van der Waals surface area contributed by atoms with E-state index in [0.29, 0.717) is 0 Å². The number of ether oxygens (including phenoxy) is 1. The molecular weight excluding hydrogens is 162 g/mol. The zero-order valence-electron chi connectivity index (χ0n) is 8.63. The molecule has 1 aromatic rings. The summed E-state index contributed by atoms with van der Waals surface area (Å²) in [6, 6.07) is 6.21. The highest BCUT2D eigenvalue weighted by Gasteiger charge is 1.96. The van der Waals surface area contributed by atoms with Crippen LogP contribution >= 0.6 is 0 Å². The Morgan fingerprint density at radius 1 is 1.23 bits per heavy atom. The van der Waals surface area contributed by atoms with E-state index in [4.69, 9.17) is 4.74 Å². The van der Waals surface area contributed by atoms with Crippen LogP contribution in [0.15, 0.2) is 18.2 Å². The number of quaternary nitrogens is 1. The van der Waals surface area contributed by atoms with Crippen molar-refractivity contribution in [3.05, 3.63) is 29.3 Å². The number of hydrogen-bond donors (Lipinski definition) is 1. The molecular formula is C11H18NO+. The standard InChI is InChI=1S/C11H17NO/c1-9-4-5-11(8-10(9)2)13-7-6-12-3/h4-5,8,12H,6-7H2,1-3H3/p+1. The van der Waals surface area contributed by atoms with Gasteiger partial charge in [-0.1, -0.05) is 6.07 Å². The second-order valence-electron chi connectivity index (χ2n) is 3.29.